The predicted octanol–water partition coefficient (Wildman–Crippen LogP) is 1.80. The fraction of sp³-hybridized carbons (Fsp3) is 0.375. The number of aromatic nitrogens is 1. The van der Waals surface area contributed by atoms with Crippen LogP contribution in [0.15, 0.2) is 33.7 Å². The van der Waals surface area contributed by atoms with Gasteiger partial charge in [0, 0.05) is 0 Å². The molecule has 0 spiro atoms. The Hall–Kier alpha value is -2.19. The summed E-state index contributed by atoms with van der Waals surface area (Å²) in [5.74, 6) is -0.483. The highest BCUT2D eigenvalue weighted by Crippen LogP contribution is 2.29. The topological polar surface area (TPSA) is 98.5 Å². The molecule has 1 aromatic heterocycles. The molecule has 7 nitrogen and oxygen atoms in total. The van der Waals surface area contributed by atoms with Gasteiger partial charge in [-0.2, -0.15) is 0 Å². The Morgan fingerprint density at radius 3 is 2.79 bits per heavy atom. The maximum absolute atomic E-state index is 12.4. The van der Waals surface area contributed by atoms with E-state index in [0.717, 1.165) is 17.5 Å². The Kier molecular flexibility index (Phi) is 4.42. The Balaban J connectivity index is 1.75. The van der Waals surface area contributed by atoms with E-state index in [1.165, 1.54) is 13.8 Å². The number of carbonyl (C=O) groups is 1. The molecule has 0 aliphatic carbocycles. The SMILES string of the molecule is Cc1noc(C)c1S(=O)(=O)NC(=O)C[C@@H]1OCCc2ccccc21. The number of carbonyl (C=O) groups excluding carboxylic acids is 1. The molecule has 3 rings (SSSR count). The lowest BCUT2D eigenvalue weighted by molar-refractivity contribution is -0.122. The van der Waals surface area contributed by atoms with Crippen LogP contribution in [0.25, 0.3) is 0 Å². The summed E-state index contributed by atoms with van der Waals surface area (Å²) in [5.41, 5.74) is 2.26. The van der Waals surface area contributed by atoms with Crippen molar-refractivity contribution in [3.05, 3.63) is 46.8 Å². The molecule has 1 atom stereocenters. The van der Waals surface area contributed by atoms with Gasteiger partial charge < -0.3 is 9.26 Å². The minimum absolute atomic E-state index is 0.0698. The molecule has 1 amide bonds. The highest BCUT2D eigenvalue weighted by molar-refractivity contribution is 7.90. The number of amides is 1. The summed E-state index contributed by atoms with van der Waals surface area (Å²) in [4.78, 5) is 12.1. The molecular formula is C16H18N2O5S. The lowest BCUT2D eigenvalue weighted by Gasteiger charge is -2.25. The monoisotopic (exact) mass is 350 g/mol. The summed E-state index contributed by atoms with van der Waals surface area (Å²) in [6.07, 6.45) is 0.264. The summed E-state index contributed by atoms with van der Waals surface area (Å²) in [6, 6.07) is 7.70. The van der Waals surface area contributed by atoms with Crippen molar-refractivity contribution < 1.29 is 22.5 Å². The average Bonchev–Trinajstić information content (AvgIpc) is 2.86. The second-order valence-corrected chi connectivity index (χ2v) is 7.31. The molecule has 0 radical (unpaired) electrons. The zero-order chi connectivity index (χ0) is 17.3. The molecule has 2 heterocycles. The van der Waals surface area contributed by atoms with E-state index in [4.69, 9.17) is 9.26 Å². The van der Waals surface area contributed by atoms with E-state index in [2.05, 4.69) is 9.88 Å². The van der Waals surface area contributed by atoms with Crippen molar-refractivity contribution in [2.45, 2.75) is 37.7 Å². The van der Waals surface area contributed by atoms with Crippen molar-refractivity contribution in [3.8, 4) is 0 Å². The standard InChI is InChI=1S/C16H18N2O5S/c1-10-16(11(2)23-17-10)24(20,21)18-15(19)9-14-13-6-4-3-5-12(13)7-8-22-14/h3-6,14H,7-9H2,1-2H3,(H,18,19)/t14-/m0/s1. The molecule has 1 N–H and O–H groups in total. The van der Waals surface area contributed by atoms with E-state index < -0.39 is 22.0 Å². The molecule has 1 aromatic carbocycles. The molecule has 8 heteroatoms. The van der Waals surface area contributed by atoms with Gasteiger partial charge in [-0.3, -0.25) is 4.79 Å². The van der Waals surface area contributed by atoms with E-state index in [0.29, 0.717) is 6.61 Å². The van der Waals surface area contributed by atoms with Crippen molar-refractivity contribution in [2.75, 3.05) is 6.61 Å². The average molecular weight is 350 g/mol. The highest BCUT2D eigenvalue weighted by atomic mass is 32.2. The minimum Gasteiger partial charge on any atom is -0.373 e. The fourth-order valence-corrected chi connectivity index (χ4v) is 4.24. The Morgan fingerprint density at radius 1 is 1.33 bits per heavy atom. The van der Waals surface area contributed by atoms with Gasteiger partial charge in [-0.15, -0.1) is 0 Å². The van der Waals surface area contributed by atoms with E-state index in [9.17, 15) is 13.2 Å². The second kappa shape index (κ2) is 6.37. The summed E-state index contributed by atoms with van der Waals surface area (Å²) < 4.78 is 37.3. The van der Waals surface area contributed by atoms with Crippen molar-refractivity contribution in [1.82, 2.24) is 9.88 Å². The van der Waals surface area contributed by atoms with Crippen molar-refractivity contribution in [3.63, 3.8) is 0 Å². The quantitative estimate of drug-likeness (QED) is 0.903. The zero-order valence-corrected chi connectivity index (χ0v) is 14.2. The van der Waals surface area contributed by atoms with Crippen molar-refractivity contribution in [1.29, 1.82) is 0 Å². The number of sulfonamides is 1. The van der Waals surface area contributed by atoms with E-state index in [1.54, 1.807) is 0 Å². The molecule has 0 saturated heterocycles. The first-order valence-electron chi connectivity index (χ1n) is 7.56. The molecule has 2 aromatic rings. The third-order valence-electron chi connectivity index (χ3n) is 3.95. The van der Waals surface area contributed by atoms with Gasteiger partial charge in [0.15, 0.2) is 10.7 Å². The van der Waals surface area contributed by atoms with Crippen LogP contribution < -0.4 is 4.72 Å². The maximum atomic E-state index is 12.4. The molecular weight excluding hydrogens is 332 g/mol. The second-order valence-electron chi connectivity index (χ2n) is 5.69. The number of aryl methyl sites for hydroxylation is 2. The van der Waals surface area contributed by atoms with Gasteiger partial charge >= 0.3 is 0 Å². The van der Waals surface area contributed by atoms with Crippen LogP contribution in [0.5, 0.6) is 0 Å². The summed E-state index contributed by atoms with van der Waals surface area (Å²) in [7, 11) is -4.02. The minimum atomic E-state index is -4.02. The third-order valence-corrected chi connectivity index (χ3v) is 5.56. The van der Waals surface area contributed by atoms with Gasteiger partial charge in [0.1, 0.15) is 5.69 Å². The van der Waals surface area contributed by atoms with Crippen LogP contribution >= 0.6 is 0 Å². The molecule has 24 heavy (non-hydrogen) atoms. The van der Waals surface area contributed by atoms with Crippen LogP contribution in [0.4, 0.5) is 0 Å². The molecule has 0 saturated carbocycles. The first kappa shape index (κ1) is 16.7. The zero-order valence-electron chi connectivity index (χ0n) is 13.4. The van der Waals surface area contributed by atoms with Gasteiger partial charge in [-0.05, 0) is 31.4 Å². The van der Waals surface area contributed by atoms with Gasteiger partial charge in [0.2, 0.25) is 5.91 Å². The summed E-state index contributed by atoms with van der Waals surface area (Å²) in [5, 5.41) is 3.60. The van der Waals surface area contributed by atoms with Gasteiger partial charge in [-0.25, -0.2) is 13.1 Å². The molecule has 1 aliphatic heterocycles. The Labute approximate surface area is 140 Å². The molecule has 1 aliphatic rings. The number of fused-ring (bicyclic) bond motifs is 1. The van der Waals surface area contributed by atoms with Crippen LogP contribution in [-0.2, 0) is 26.0 Å². The van der Waals surface area contributed by atoms with Crippen LogP contribution in [0.2, 0.25) is 0 Å². The first-order valence-corrected chi connectivity index (χ1v) is 9.04. The number of rotatable bonds is 4. The van der Waals surface area contributed by atoms with Crippen LogP contribution in [-0.4, -0.2) is 26.1 Å². The first-order chi connectivity index (χ1) is 11.4. The molecule has 128 valence electrons. The van der Waals surface area contributed by atoms with Crippen LogP contribution in [0.3, 0.4) is 0 Å². The number of hydrogen-bond donors (Lipinski definition) is 1. The number of hydrogen-bond acceptors (Lipinski definition) is 6. The number of ether oxygens (including phenoxy) is 1. The summed E-state index contributed by atoms with van der Waals surface area (Å²) >= 11 is 0. The summed E-state index contributed by atoms with van der Waals surface area (Å²) in [6.45, 7) is 3.50. The lowest BCUT2D eigenvalue weighted by Crippen LogP contribution is -2.33. The maximum Gasteiger partial charge on any atom is 0.269 e. The lowest BCUT2D eigenvalue weighted by atomic mass is 9.96. The van der Waals surface area contributed by atoms with Gasteiger partial charge in [0.05, 0.1) is 19.1 Å². The van der Waals surface area contributed by atoms with Gasteiger partial charge in [0.25, 0.3) is 10.0 Å². The van der Waals surface area contributed by atoms with Crippen molar-refractivity contribution in [2.24, 2.45) is 0 Å². The van der Waals surface area contributed by atoms with E-state index in [1.807, 2.05) is 24.3 Å². The smallest absolute Gasteiger partial charge is 0.269 e. The van der Waals surface area contributed by atoms with E-state index in [-0.39, 0.29) is 22.8 Å². The predicted molar refractivity (Wildman–Crippen MR) is 84.8 cm³/mol. The van der Waals surface area contributed by atoms with Crippen molar-refractivity contribution >= 4 is 15.9 Å². The largest absolute Gasteiger partial charge is 0.373 e. The third kappa shape index (κ3) is 3.20. The molecule has 0 fully saturated rings. The normalized spacial score (nSPS) is 17.3. The van der Waals surface area contributed by atoms with Crippen LogP contribution in [0.1, 0.15) is 35.1 Å². The Morgan fingerprint density at radius 2 is 2.08 bits per heavy atom. The van der Waals surface area contributed by atoms with Gasteiger partial charge in [-0.1, -0.05) is 29.4 Å². The molecule has 0 bridgehead atoms. The Bertz CT molecular complexity index is 853. The van der Waals surface area contributed by atoms with Crippen LogP contribution in [0, 0.1) is 13.8 Å². The number of nitrogens with zero attached hydrogens (tertiary/aromatic N) is 1. The molecule has 0 unspecified atom stereocenters. The highest BCUT2D eigenvalue weighted by Gasteiger charge is 2.29. The number of benzene rings is 1. The number of nitrogens with one attached hydrogen (secondary N) is 1. The fourth-order valence-electron chi connectivity index (χ4n) is 2.91. The van der Waals surface area contributed by atoms with E-state index >= 15 is 0 Å².